The molecule has 0 fully saturated rings. The van der Waals surface area contributed by atoms with Crippen molar-refractivity contribution in [3.05, 3.63) is 30.0 Å². The summed E-state index contributed by atoms with van der Waals surface area (Å²) in [5, 5.41) is 0.558. The van der Waals surface area contributed by atoms with Crippen LogP contribution in [-0.2, 0) is 9.84 Å². The largest absolute Gasteiger partial charge is 0.352 e. The number of hydrogen-bond donors (Lipinski definition) is 1. The number of H-pyrrole nitrogens is 1. The lowest BCUT2D eigenvalue weighted by Gasteiger charge is -1.98. The molecule has 78 valence electrons. The van der Waals surface area contributed by atoms with Gasteiger partial charge in [0.05, 0.1) is 10.6 Å². The van der Waals surface area contributed by atoms with Crippen molar-refractivity contribution < 1.29 is 13.2 Å². The van der Waals surface area contributed by atoms with E-state index in [1.54, 1.807) is 18.2 Å². The molecule has 0 spiro atoms. The molecule has 0 bridgehead atoms. The molecule has 4 nitrogen and oxygen atoms in total. The number of fused-ring (bicyclic) bond motifs is 1. The van der Waals surface area contributed by atoms with Gasteiger partial charge in [-0.2, -0.15) is 0 Å². The summed E-state index contributed by atoms with van der Waals surface area (Å²) < 4.78 is 22.9. The average Bonchev–Trinajstić information content (AvgIpc) is 2.57. The SMILES string of the molecule is CS(=O)(=O)c1cccc2[nH]c(C=O)cc12. The summed E-state index contributed by atoms with van der Waals surface area (Å²) in [4.78, 5) is 13.6. The van der Waals surface area contributed by atoms with Gasteiger partial charge in [0, 0.05) is 17.2 Å². The van der Waals surface area contributed by atoms with Gasteiger partial charge in [-0.05, 0) is 18.2 Å². The van der Waals surface area contributed by atoms with E-state index in [0.717, 1.165) is 6.26 Å². The molecule has 1 aromatic heterocycles. The Morgan fingerprint density at radius 2 is 2.07 bits per heavy atom. The maximum atomic E-state index is 11.4. The monoisotopic (exact) mass is 223 g/mol. The smallest absolute Gasteiger partial charge is 0.176 e. The highest BCUT2D eigenvalue weighted by Crippen LogP contribution is 2.23. The summed E-state index contributed by atoms with van der Waals surface area (Å²) in [6.07, 6.45) is 1.81. The van der Waals surface area contributed by atoms with Gasteiger partial charge < -0.3 is 4.98 Å². The summed E-state index contributed by atoms with van der Waals surface area (Å²) in [6, 6.07) is 6.44. The lowest BCUT2D eigenvalue weighted by atomic mass is 10.2. The van der Waals surface area contributed by atoms with Gasteiger partial charge >= 0.3 is 0 Å². The van der Waals surface area contributed by atoms with Crippen molar-refractivity contribution in [1.82, 2.24) is 4.98 Å². The molecule has 0 radical (unpaired) electrons. The molecule has 2 rings (SSSR count). The van der Waals surface area contributed by atoms with E-state index in [1.165, 1.54) is 6.07 Å². The van der Waals surface area contributed by atoms with E-state index >= 15 is 0 Å². The summed E-state index contributed by atoms with van der Waals surface area (Å²) >= 11 is 0. The van der Waals surface area contributed by atoms with Crippen LogP contribution >= 0.6 is 0 Å². The molecule has 0 aliphatic heterocycles. The summed E-state index contributed by atoms with van der Waals surface area (Å²) in [6.45, 7) is 0. The molecule has 2 aromatic rings. The summed E-state index contributed by atoms with van der Waals surface area (Å²) in [5.74, 6) is 0. The highest BCUT2D eigenvalue weighted by atomic mass is 32.2. The van der Waals surface area contributed by atoms with Crippen LogP contribution in [0.15, 0.2) is 29.2 Å². The maximum Gasteiger partial charge on any atom is 0.176 e. The number of benzene rings is 1. The molecule has 15 heavy (non-hydrogen) atoms. The predicted molar refractivity (Wildman–Crippen MR) is 56.8 cm³/mol. The molecule has 0 amide bonds. The Morgan fingerprint density at radius 3 is 2.67 bits per heavy atom. The normalized spacial score (nSPS) is 11.8. The van der Waals surface area contributed by atoms with Crippen LogP contribution in [0.2, 0.25) is 0 Å². The molecular weight excluding hydrogens is 214 g/mol. The van der Waals surface area contributed by atoms with Gasteiger partial charge in [-0.3, -0.25) is 4.79 Å². The highest BCUT2D eigenvalue weighted by Gasteiger charge is 2.12. The number of carbonyl (C=O) groups excluding carboxylic acids is 1. The standard InChI is InChI=1S/C10H9NO3S/c1-15(13,14)10-4-2-3-9-8(10)5-7(6-12)11-9/h2-6,11H,1H3. The molecule has 5 heteroatoms. The second-order valence-corrected chi connectivity index (χ2v) is 5.32. The summed E-state index contributed by atoms with van der Waals surface area (Å²) in [5.41, 5.74) is 1.03. The lowest BCUT2D eigenvalue weighted by molar-refractivity contribution is 0.112. The zero-order valence-corrected chi connectivity index (χ0v) is 8.84. The Balaban J connectivity index is 2.87. The Labute approximate surface area is 86.8 Å². The van der Waals surface area contributed by atoms with Gasteiger partial charge in [0.1, 0.15) is 0 Å². The van der Waals surface area contributed by atoms with Gasteiger partial charge in [-0.15, -0.1) is 0 Å². The molecule has 1 N–H and O–H groups in total. The Kier molecular flexibility index (Phi) is 2.12. The van der Waals surface area contributed by atoms with E-state index in [1.807, 2.05) is 0 Å². The minimum Gasteiger partial charge on any atom is -0.352 e. The third-order valence-corrected chi connectivity index (χ3v) is 3.33. The third kappa shape index (κ3) is 1.66. The van der Waals surface area contributed by atoms with Crippen molar-refractivity contribution in [2.45, 2.75) is 4.90 Å². The van der Waals surface area contributed by atoms with Crippen LogP contribution in [-0.4, -0.2) is 25.9 Å². The number of aldehydes is 1. The maximum absolute atomic E-state index is 11.4. The molecule has 1 aromatic carbocycles. The molecule has 0 saturated heterocycles. The Morgan fingerprint density at radius 1 is 1.33 bits per heavy atom. The third-order valence-electron chi connectivity index (χ3n) is 2.17. The number of rotatable bonds is 2. The molecule has 0 aliphatic rings. The first-order valence-electron chi connectivity index (χ1n) is 4.29. The highest BCUT2D eigenvalue weighted by molar-refractivity contribution is 7.91. The number of aromatic nitrogens is 1. The van der Waals surface area contributed by atoms with Crippen LogP contribution in [0.5, 0.6) is 0 Å². The number of carbonyl (C=O) groups is 1. The number of nitrogens with one attached hydrogen (secondary N) is 1. The fourth-order valence-electron chi connectivity index (χ4n) is 1.54. The first kappa shape index (κ1) is 9.92. The van der Waals surface area contributed by atoms with Crippen LogP contribution in [0, 0.1) is 0 Å². The number of sulfone groups is 1. The van der Waals surface area contributed by atoms with Crippen molar-refractivity contribution >= 4 is 27.0 Å². The second-order valence-electron chi connectivity index (χ2n) is 3.33. The second kappa shape index (κ2) is 3.20. The van der Waals surface area contributed by atoms with Gasteiger partial charge in [-0.25, -0.2) is 8.42 Å². The first-order chi connectivity index (χ1) is 7.02. The van der Waals surface area contributed by atoms with E-state index in [2.05, 4.69) is 4.98 Å². The first-order valence-corrected chi connectivity index (χ1v) is 6.18. The minimum absolute atomic E-state index is 0.240. The molecule has 0 unspecified atom stereocenters. The van der Waals surface area contributed by atoms with Gasteiger partial charge in [0.25, 0.3) is 0 Å². The van der Waals surface area contributed by atoms with E-state index in [9.17, 15) is 13.2 Å². The zero-order valence-electron chi connectivity index (χ0n) is 8.02. The van der Waals surface area contributed by atoms with E-state index in [4.69, 9.17) is 0 Å². The quantitative estimate of drug-likeness (QED) is 0.782. The molecule has 0 saturated carbocycles. The van der Waals surface area contributed by atoms with Crippen molar-refractivity contribution in [3.8, 4) is 0 Å². The number of aromatic amines is 1. The van der Waals surface area contributed by atoms with Gasteiger partial charge in [0.15, 0.2) is 16.1 Å². The van der Waals surface area contributed by atoms with Crippen LogP contribution in [0.1, 0.15) is 10.5 Å². The fourth-order valence-corrected chi connectivity index (χ4v) is 2.43. The average molecular weight is 223 g/mol. The van der Waals surface area contributed by atoms with Gasteiger partial charge in [-0.1, -0.05) is 6.07 Å². The minimum atomic E-state index is -3.26. The molecule has 1 heterocycles. The lowest BCUT2D eigenvalue weighted by Crippen LogP contribution is -1.96. The van der Waals surface area contributed by atoms with Crippen molar-refractivity contribution in [2.75, 3.05) is 6.26 Å². The van der Waals surface area contributed by atoms with E-state index in [0.29, 0.717) is 22.9 Å². The van der Waals surface area contributed by atoms with Crippen LogP contribution in [0.25, 0.3) is 10.9 Å². The van der Waals surface area contributed by atoms with E-state index < -0.39 is 9.84 Å². The zero-order chi connectivity index (χ0) is 11.1. The molecule has 0 atom stereocenters. The van der Waals surface area contributed by atoms with Crippen LogP contribution in [0.3, 0.4) is 0 Å². The molecular formula is C10H9NO3S. The summed E-state index contributed by atoms with van der Waals surface area (Å²) in [7, 11) is -3.26. The fraction of sp³-hybridized carbons (Fsp3) is 0.100. The predicted octanol–water partition coefficient (Wildman–Crippen LogP) is 1.38. The Bertz CT molecular complexity index is 625. The van der Waals surface area contributed by atoms with Crippen molar-refractivity contribution in [3.63, 3.8) is 0 Å². The van der Waals surface area contributed by atoms with E-state index in [-0.39, 0.29) is 4.90 Å². The molecule has 0 aliphatic carbocycles. The van der Waals surface area contributed by atoms with Crippen molar-refractivity contribution in [1.29, 1.82) is 0 Å². The Hall–Kier alpha value is -1.62. The number of hydrogen-bond acceptors (Lipinski definition) is 3. The topological polar surface area (TPSA) is 67.0 Å². The van der Waals surface area contributed by atoms with Gasteiger partial charge in [0.2, 0.25) is 0 Å². The van der Waals surface area contributed by atoms with Crippen LogP contribution < -0.4 is 0 Å². The van der Waals surface area contributed by atoms with Crippen LogP contribution in [0.4, 0.5) is 0 Å². The van der Waals surface area contributed by atoms with Crippen molar-refractivity contribution in [2.24, 2.45) is 0 Å².